The molecule has 2 rings (SSSR count). The summed E-state index contributed by atoms with van der Waals surface area (Å²) in [5.41, 5.74) is -0.656. The van der Waals surface area contributed by atoms with E-state index in [1.54, 1.807) is 21.0 Å². The zero-order chi connectivity index (χ0) is 12.8. The molecule has 0 aromatic rings. The SMILES string of the molecule is CC[C@]1(C)OC(=O)C2OC(C)(C)OC2C1OC. The van der Waals surface area contributed by atoms with Crippen molar-refractivity contribution >= 4 is 5.97 Å². The molecular weight excluding hydrogens is 224 g/mol. The van der Waals surface area contributed by atoms with Crippen LogP contribution in [0.2, 0.25) is 0 Å². The zero-order valence-electron chi connectivity index (χ0n) is 11.0. The first-order valence-corrected chi connectivity index (χ1v) is 5.94. The highest BCUT2D eigenvalue weighted by Gasteiger charge is 2.59. The minimum absolute atomic E-state index is 0.308. The van der Waals surface area contributed by atoms with Gasteiger partial charge in [-0.1, -0.05) is 6.92 Å². The molecule has 0 spiro atoms. The molecule has 2 heterocycles. The summed E-state index contributed by atoms with van der Waals surface area (Å²) in [7, 11) is 1.60. The van der Waals surface area contributed by atoms with Gasteiger partial charge in [0.05, 0.1) is 0 Å². The standard InChI is InChI=1S/C12H20O5/c1-6-12(4)9(14-5)7-8(10(13)17-12)16-11(2,3)15-7/h7-9H,6H2,1-5H3/t7?,8?,9?,12-/m0/s1. The summed E-state index contributed by atoms with van der Waals surface area (Å²) in [5, 5.41) is 0. The van der Waals surface area contributed by atoms with Gasteiger partial charge in [0, 0.05) is 7.11 Å². The molecule has 17 heavy (non-hydrogen) atoms. The number of fused-ring (bicyclic) bond motifs is 1. The summed E-state index contributed by atoms with van der Waals surface area (Å²) in [6.07, 6.45) is -0.725. The number of rotatable bonds is 2. The van der Waals surface area contributed by atoms with Crippen molar-refractivity contribution in [1.82, 2.24) is 0 Å². The largest absolute Gasteiger partial charge is 0.454 e. The summed E-state index contributed by atoms with van der Waals surface area (Å²) in [6.45, 7) is 7.40. The van der Waals surface area contributed by atoms with Crippen LogP contribution in [0.15, 0.2) is 0 Å². The Morgan fingerprint density at radius 1 is 1.29 bits per heavy atom. The Morgan fingerprint density at radius 3 is 2.47 bits per heavy atom. The molecule has 2 aliphatic heterocycles. The van der Waals surface area contributed by atoms with Crippen molar-refractivity contribution in [3.05, 3.63) is 0 Å². The van der Waals surface area contributed by atoms with Crippen LogP contribution in [-0.4, -0.2) is 42.8 Å². The minimum Gasteiger partial charge on any atom is -0.454 e. The average Bonchev–Trinajstić information content (AvgIpc) is 2.55. The van der Waals surface area contributed by atoms with E-state index in [1.165, 1.54) is 0 Å². The number of esters is 1. The molecular formula is C12H20O5. The topological polar surface area (TPSA) is 54.0 Å². The van der Waals surface area contributed by atoms with Crippen LogP contribution in [0, 0.1) is 0 Å². The van der Waals surface area contributed by atoms with Gasteiger partial charge in [-0.25, -0.2) is 4.79 Å². The Kier molecular flexibility index (Phi) is 2.96. The Bertz CT molecular complexity index is 327. The van der Waals surface area contributed by atoms with E-state index >= 15 is 0 Å². The van der Waals surface area contributed by atoms with Crippen molar-refractivity contribution < 1.29 is 23.7 Å². The molecule has 0 bridgehead atoms. The van der Waals surface area contributed by atoms with Crippen molar-refractivity contribution in [2.75, 3.05) is 7.11 Å². The van der Waals surface area contributed by atoms with Gasteiger partial charge < -0.3 is 18.9 Å². The van der Waals surface area contributed by atoms with E-state index in [0.717, 1.165) is 0 Å². The van der Waals surface area contributed by atoms with Gasteiger partial charge in [-0.15, -0.1) is 0 Å². The summed E-state index contributed by atoms with van der Waals surface area (Å²) in [5.74, 6) is -1.14. The predicted octanol–water partition coefficient (Wildman–Crippen LogP) is 1.25. The lowest BCUT2D eigenvalue weighted by atomic mass is 9.86. The predicted molar refractivity (Wildman–Crippen MR) is 59.4 cm³/mol. The van der Waals surface area contributed by atoms with Gasteiger partial charge in [0.25, 0.3) is 0 Å². The summed E-state index contributed by atoms with van der Waals surface area (Å²) < 4.78 is 22.3. The first-order chi connectivity index (χ1) is 7.83. The molecule has 0 radical (unpaired) electrons. The van der Waals surface area contributed by atoms with Crippen LogP contribution in [0.4, 0.5) is 0 Å². The molecule has 0 N–H and O–H groups in total. The van der Waals surface area contributed by atoms with Gasteiger partial charge in [0.1, 0.15) is 17.8 Å². The highest BCUT2D eigenvalue weighted by Crippen LogP contribution is 2.41. The summed E-state index contributed by atoms with van der Waals surface area (Å²) in [4.78, 5) is 11.9. The van der Waals surface area contributed by atoms with Crippen LogP contribution in [0.25, 0.3) is 0 Å². The number of cyclic esters (lactones) is 1. The number of ether oxygens (including phenoxy) is 4. The van der Waals surface area contributed by atoms with Gasteiger partial charge in [-0.05, 0) is 27.2 Å². The fraction of sp³-hybridized carbons (Fsp3) is 0.917. The molecule has 5 heteroatoms. The van der Waals surface area contributed by atoms with Crippen molar-refractivity contribution in [3.63, 3.8) is 0 Å². The van der Waals surface area contributed by atoms with Crippen molar-refractivity contribution in [3.8, 4) is 0 Å². The van der Waals surface area contributed by atoms with Crippen molar-refractivity contribution in [2.45, 2.75) is 63.8 Å². The van der Waals surface area contributed by atoms with Crippen LogP contribution in [0.1, 0.15) is 34.1 Å². The fourth-order valence-corrected chi connectivity index (χ4v) is 2.54. The molecule has 0 amide bonds. The number of hydrogen-bond acceptors (Lipinski definition) is 5. The third kappa shape index (κ3) is 1.96. The molecule has 0 saturated carbocycles. The van der Waals surface area contributed by atoms with Crippen molar-refractivity contribution in [1.29, 1.82) is 0 Å². The smallest absolute Gasteiger partial charge is 0.338 e. The Morgan fingerprint density at radius 2 is 1.94 bits per heavy atom. The lowest BCUT2D eigenvalue weighted by Gasteiger charge is -2.43. The molecule has 2 saturated heterocycles. The van der Waals surface area contributed by atoms with Gasteiger partial charge >= 0.3 is 5.97 Å². The Labute approximate surface area is 101 Å². The van der Waals surface area contributed by atoms with Gasteiger partial charge in [-0.3, -0.25) is 0 Å². The molecule has 2 fully saturated rings. The number of hydrogen-bond donors (Lipinski definition) is 0. The van der Waals surface area contributed by atoms with Crippen LogP contribution in [0.5, 0.6) is 0 Å². The molecule has 4 atom stereocenters. The van der Waals surface area contributed by atoms with Crippen molar-refractivity contribution in [2.24, 2.45) is 0 Å². The van der Waals surface area contributed by atoms with E-state index in [1.807, 2.05) is 13.8 Å². The quantitative estimate of drug-likeness (QED) is 0.684. The van der Waals surface area contributed by atoms with Crippen LogP contribution >= 0.6 is 0 Å². The normalized spacial score (nSPS) is 44.3. The monoisotopic (exact) mass is 244 g/mol. The van der Waals surface area contributed by atoms with E-state index < -0.39 is 23.6 Å². The van der Waals surface area contributed by atoms with E-state index in [4.69, 9.17) is 18.9 Å². The van der Waals surface area contributed by atoms with Crippen LogP contribution < -0.4 is 0 Å². The second-order valence-corrected chi connectivity index (χ2v) is 5.26. The number of methoxy groups -OCH3 is 1. The van der Waals surface area contributed by atoms with E-state index in [-0.39, 0.29) is 12.1 Å². The summed E-state index contributed by atoms with van der Waals surface area (Å²) in [6, 6.07) is 0. The molecule has 5 nitrogen and oxygen atoms in total. The second-order valence-electron chi connectivity index (χ2n) is 5.26. The summed E-state index contributed by atoms with van der Waals surface area (Å²) >= 11 is 0. The maximum atomic E-state index is 11.9. The molecule has 98 valence electrons. The molecule has 0 aromatic carbocycles. The highest BCUT2D eigenvalue weighted by molar-refractivity contribution is 5.77. The first-order valence-electron chi connectivity index (χ1n) is 5.94. The van der Waals surface area contributed by atoms with E-state index in [9.17, 15) is 4.79 Å². The lowest BCUT2D eigenvalue weighted by Crippen LogP contribution is -2.61. The van der Waals surface area contributed by atoms with Crippen LogP contribution in [0.3, 0.4) is 0 Å². The Balaban J connectivity index is 2.31. The fourth-order valence-electron chi connectivity index (χ4n) is 2.54. The maximum Gasteiger partial charge on any atom is 0.338 e. The molecule has 0 aliphatic carbocycles. The van der Waals surface area contributed by atoms with Gasteiger partial charge in [0.15, 0.2) is 11.9 Å². The zero-order valence-corrected chi connectivity index (χ0v) is 11.0. The lowest BCUT2D eigenvalue weighted by molar-refractivity contribution is -0.215. The first kappa shape index (κ1) is 12.8. The van der Waals surface area contributed by atoms with E-state index in [2.05, 4.69) is 0 Å². The van der Waals surface area contributed by atoms with E-state index in [0.29, 0.717) is 6.42 Å². The third-order valence-electron chi connectivity index (χ3n) is 3.55. The average molecular weight is 244 g/mol. The Hall–Kier alpha value is -0.650. The van der Waals surface area contributed by atoms with Gasteiger partial charge in [0.2, 0.25) is 0 Å². The second kappa shape index (κ2) is 3.93. The third-order valence-corrected chi connectivity index (χ3v) is 3.55. The number of carbonyl (C=O) groups excluding carboxylic acids is 1. The maximum absolute atomic E-state index is 11.9. The number of carbonyl (C=O) groups is 1. The highest BCUT2D eigenvalue weighted by atomic mass is 16.8. The molecule has 3 unspecified atom stereocenters. The minimum atomic E-state index is -0.774. The van der Waals surface area contributed by atoms with Gasteiger partial charge in [-0.2, -0.15) is 0 Å². The molecule has 2 aliphatic rings. The molecule has 0 aromatic heterocycles. The van der Waals surface area contributed by atoms with Crippen LogP contribution in [-0.2, 0) is 23.7 Å².